The number of benzene rings is 9. The Hall–Kier alpha value is -7.63. The van der Waals surface area contributed by atoms with Gasteiger partial charge in [-0.15, -0.1) is 0 Å². The Bertz CT molecular complexity index is 3550. The highest BCUT2D eigenvalue weighted by atomic mass is 16.3. The van der Waals surface area contributed by atoms with Crippen molar-refractivity contribution in [2.75, 3.05) is 0 Å². The highest BCUT2D eigenvalue weighted by Gasteiger charge is 2.21. The monoisotopic (exact) mass is 715 g/mol. The summed E-state index contributed by atoms with van der Waals surface area (Å²) in [6, 6.07) is 61.0. The van der Waals surface area contributed by atoms with Crippen molar-refractivity contribution >= 4 is 76.2 Å². The lowest BCUT2D eigenvalue weighted by Crippen LogP contribution is -2.00. The number of fused-ring (bicyclic) bond motifs is 12. The molecule has 0 spiro atoms. The van der Waals surface area contributed by atoms with Gasteiger partial charge in [0.1, 0.15) is 22.3 Å². The Balaban J connectivity index is 1.09. The molecule has 5 nitrogen and oxygen atoms in total. The fourth-order valence-electron chi connectivity index (χ4n) is 8.43. The minimum Gasteiger partial charge on any atom is -0.456 e. The van der Waals surface area contributed by atoms with E-state index in [1.807, 2.05) is 54.6 Å². The molecule has 0 amide bonds. The third-order valence-electron chi connectivity index (χ3n) is 11.1. The number of aromatic nitrogens is 3. The molecule has 12 rings (SSSR count). The Morgan fingerprint density at radius 2 is 0.893 bits per heavy atom. The summed E-state index contributed by atoms with van der Waals surface area (Å²) in [6.45, 7) is 0. The van der Waals surface area contributed by atoms with Gasteiger partial charge in [-0.2, -0.15) is 0 Å². The second-order valence-electron chi connectivity index (χ2n) is 14.3. The molecule has 0 saturated heterocycles. The van der Waals surface area contributed by atoms with E-state index in [4.69, 9.17) is 23.8 Å². The third kappa shape index (κ3) is 4.71. The van der Waals surface area contributed by atoms with E-state index in [0.29, 0.717) is 17.5 Å². The molecule has 3 aromatic heterocycles. The maximum atomic E-state index is 7.00. The molecule has 5 heteroatoms. The Labute approximate surface area is 320 Å². The summed E-state index contributed by atoms with van der Waals surface area (Å²) in [5, 5.41) is 11.2. The number of furan rings is 2. The molecule has 0 atom stereocenters. The first-order valence-corrected chi connectivity index (χ1v) is 18.8. The van der Waals surface area contributed by atoms with Crippen LogP contribution in [0.25, 0.3) is 121 Å². The van der Waals surface area contributed by atoms with Crippen molar-refractivity contribution in [2.24, 2.45) is 0 Å². The maximum absolute atomic E-state index is 7.00. The first-order valence-electron chi connectivity index (χ1n) is 18.8. The Morgan fingerprint density at radius 1 is 0.304 bits per heavy atom. The van der Waals surface area contributed by atoms with Crippen LogP contribution in [0.5, 0.6) is 0 Å². The Morgan fingerprint density at radius 3 is 1.73 bits per heavy atom. The molecule has 0 radical (unpaired) electrons. The summed E-state index contributed by atoms with van der Waals surface area (Å²) in [7, 11) is 0. The molecule has 0 unspecified atom stereocenters. The molecule has 0 N–H and O–H groups in total. The van der Waals surface area contributed by atoms with Crippen molar-refractivity contribution in [1.29, 1.82) is 0 Å². The van der Waals surface area contributed by atoms with Crippen molar-refractivity contribution in [3.8, 4) is 45.3 Å². The van der Waals surface area contributed by atoms with Crippen molar-refractivity contribution in [1.82, 2.24) is 15.0 Å². The minimum absolute atomic E-state index is 0.578. The molecule has 12 aromatic rings. The molecule has 3 heterocycles. The lowest BCUT2D eigenvalue weighted by Gasteiger charge is -2.12. The molecular weight excluding hydrogens is 687 g/mol. The average Bonchev–Trinajstić information content (AvgIpc) is 3.85. The fourth-order valence-corrected chi connectivity index (χ4v) is 8.43. The van der Waals surface area contributed by atoms with Crippen molar-refractivity contribution in [3.63, 3.8) is 0 Å². The van der Waals surface area contributed by atoms with Crippen LogP contribution in [0.15, 0.2) is 185 Å². The largest absolute Gasteiger partial charge is 0.456 e. The summed E-state index contributed by atoms with van der Waals surface area (Å²) in [6.07, 6.45) is 0. The first-order chi connectivity index (χ1) is 27.7. The van der Waals surface area contributed by atoms with Gasteiger partial charge >= 0.3 is 0 Å². The summed E-state index contributed by atoms with van der Waals surface area (Å²) in [5.41, 5.74) is 8.23. The van der Waals surface area contributed by atoms with Gasteiger partial charge in [-0.1, -0.05) is 140 Å². The Kier molecular flexibility index (Phi) is 6.56. The van der Waals surface area contributed by atoms with Crippen LogP contribution in [0.3, 0.4) is 0 Å². The maximum Gasteiger partial charge on any atom is 0.164 e. The second-order valence-corrected chi connectivity index (χ2v) is 14.3. The second kappa shape index (κ2) is 11.9. The number of nitrogens with zero attached hydrogens (tertiary/aromatic N) is 3. The van der Waals surface area contributed by atoms with E-state index in [1.54, 1.807) is 0 Å². The van der Waals surface area contributed by atoms with Crippen LogP contribution in [0, 0.1) is 0 Å². The van der Waals surface area contributed by atoms with Gasteiger partial charge < -0.3 is 8.83 Å². The van der Waals surface area contributed by atoms with Crippen LogP contribution < -0.4 is 0 Å². The van der Waals surface area contributed by atoms with Gasteiger partial charge in [-0.25, -0.2) is 15.0 Å². The lowest BCUT2D eigenvalue weighted by atomic mass is 9.92. The van der Waals surface area contributed by atoms with Crippen molar-refractivity contribution < 1.29 is 8.83 Å². The molecule has 260 valence electrons. The predicted octanol–water partition coefficient (Wildman–Crippen LogP) is 13.8. The van der Waals surface area contributed by atoms with E-state index >= 15 is 0 Å². The van der Waals surface area contributed by atoms with E-state index in [2.05, 4.69) is 121 Å². The topological polar surface area (TPSA) is 65.0 Å². The van der Waals surface area contributed by atoms with Gasteiger partial charge in [-0.3, -0.25) is 0 Å². The van der Waals surface area contributed by atoms with Crippen LogP contribution >= 0.6 is 0 Å². The zero-order valence-corrected chi connectivity index (χ0v) is 29.9. The molecule has 0 bridgehead atoms. The first kappa shape index (κ1) is 30.8. The van der Waals surface area contributed by atoms with Crippen LogP contribution in [0.2, 0.25) is 0 Å². The third-order valence-corrected chi connectivity index (χ3v) is 11.1. The lowest BCUT2D eigenvalue weighted by molar-refractivity contribution is 0.669. The minimum atomic E-state index is 0.578. The molecule has 9 aromatic carbocycles. The molecule has 0 fully saturated rings. The van der Waals surface area contributed by atoms with Crippen LogP contribution in [0.1, 0.15) is 0 Å². The zero-order valence-electron chi connectivity index (χ0n) is 29.9. The van der Waals surface area contributed by atoms with Gasteiger partial charge in [0, 0.05) is 49.0 Å². The highest BCUT2D eigenvalue weighted by molar-refractivity contribution is 6.29. The molecule has 0 aliphatic heterocycles. The van der Waals surface area contributed by atoms with E-state index in [-0.39, 0.29) is 0 Å². The van der Waals surface area contributed by atoms with E-state index < -0.39 is 0 Å². The fraction of sp³-hybridized carbons (Fsp3) is 0. The SMILES string of the molecule is c1ccc(-c2nc(-c3cccc(-c4cc5ccc6ccccc6c5c5oc6c7ccccc7ccc6c45)c3)nc(-c3ccc4c(c3)oc3ccccc34)n2)cc1. The van der Waals surface area contributed by atoms with E-state index in [0.717, 1.165) is 93.2 Å². The predicted molar refractivity (Wildman–Crippen MR) is 229 cm³/mol. The number of rotatable bonds is 4. The van der Waals surface area contributed by atoms with Gasteiger partial charge in [0.25, 0.3) is 0 Å². The molecule has 0 aliphatic carbocycles. The normalized spacial score (nSPS) is 11.9. The molecule has 0 saturated carbocycles. The summed E-state index contributed by atoms with van der Waals surface area (Å²) in [4.78, 5) is 15.2. The van der Waals surface area contributed by atoms with Crippen molar-refractivity contribution in [3.05, 3.63) is 176 Å². The number of para-hydroxylation sites is 1. The van der Waals surface area contributed by atoms with Gasteiger partial charge in [-0.05, 0) is 69.1 Å². The van der Waals surface area contributed by atoms with Crippen molar-refractivity contribution in [2.45, 2.75) is 0 Å². The molecule has 0 aliphatic rings. The van der Waals surface area contributed by atoms with Gasteiger partial charge in [0.05, 0.1) is 0 Å². The van der Waals surface area contributed by atoms with Crippen LogP contribution in [-0.4, -0.2) is 15.0 Å². The smallest absolute Gasteiger partial charge is 0.164 e. The summed E-state index contributed by atoms with van der Waals surface area (Å²) in [5.74, 6) is 1.77. The number of hydrogen-bond donors (Lipinski definition) is 0. The van der Waals surface area contributed by atoms with E-state index in [1.165, 1.54) is 10.8 Å². The van der Waals surface area contributed by atoms with Gasteiger partial charge in [0.15, 0.2) is 17.5 Å². The average molecular weight is 716 g/mol. The van der Waals surface area contributed by atoms with Gasteiger partial charge in [0.2, 0.25) is 0 Å². The standard InChI is InChI=1S/C51H29N3O2/c1-2-13-32(14-3-1)49-52-50(54-51(53-49)36-24-25-40-39-19-8-9-20-43(39)55-44(40)29-36)35-16-10-15-33(27-35)42-28-34-22-21-30-11-4-6-17-37(30)45(34)48-46(42)41-26-23-31-12-5-7-18-38(31)47(41)56-48/h1-29H. The zero-order chi connectivity index (χ0) is 36.7. The van der Waals surface area contributed by atoms with Crippen LogP contribution in [-0.2, 0) is 0 Å². The summed E-state index contributed by atoms with van der Waals surface area (Å²) < 4.78 is 13.3. The summed E-state index contributed by atoms with van der Waals surface area (Å²) >= 11 is 0. The van der Waals surface area contributed by atoms with Crippen LogP contribution in [0.4, 0.5) is 0 Å². The molecular formula is C51H29N3O2. The number of hydrogen-bond acceptors (Lipinski definition) is 5. The quantitative estimate of drug-likeness (QED) is 0.170. The highest BCUT2D eigenvalue weighted by Crippen LogP contribution is 2.45. The van der Waals surface area contributed by atoms with E-state index in [9.17, 15) is 0 Å². The molecule has 56 heavy (non-hydrogen) atoms.